The fourth-order valence-corrected chi connectivity index (χ4v) is 4.02. The summed E-state index contributed by atoms with van der Waals surface area (Å²) in [4.78, 5) is 27.4. The van der Waals surface area contributed by atoms with Crippen molar-refractivity contribution >= 4 is 23.2 Å². The predicted molar refractivity (Wildman–Crippen MR) is 94.9 cm³/mol. The molecule has 5 nitrogen and oxygen atoms in total. The van der Waals surface area contributed by atoms with Gasteiger partial charge in [0.2, 0.25) is 5.91 Å². The number of piperidine rings is 1. The quantitative estimate of drug-likeness (QED) is 0.926. The Morgan fingerprint density at radius 1 is 1.29 bits per heavy atom. The molecule has 0 radical (unpaired) electrons. The Kier molecular flexibility index (Phi) is 5.04. The number of thiophene rings is 1. The minimum atomic E-state index is -0.0812. The first-order valence-electron chi connectivity index (χ1n) is 8.31. The van der Waals surface area contributed by atoms with Crippen molar-refractivity contribution in [1.82, 2.24) is 14.8 Å². The van der Waals surface area contributed by atoms with Gasteiger partial charge in [0.15, 0.2) is 0 Å². The molecule has 2 amide bonds. The van der Waals surface area contributed by atoms with E-state index >= 15 is 0 Å². The highest BCUT2D eigenvalue weighted by Crippen LogP contribution is 2.31. The maximum absolute atomic E-state index is 12.5. The molecule has 3 heterocycles. The summed E-state index contributed by atoms with van der Waals surface area (Å²) in [5, 5.41) is 4.96. The van der Waals surface area contributed by atoms with Crippen LogP contribution in [0.25, 0.3) is 0 Å². The van der Waals surface area contributed by atoms with Crippen LogP contribution in [0.5, 0.6) is 0 Å². The van der Waals surface area contributed by atoms with Gasteiger partial charge in [-0.3, -0.25) is 9.59 Å². The van der Waals surface area contributed by atoms with E-state index in [1.165, 1.54) is 0 Å². The van der Waals surface area contributed by atoms with Gasteiger partial charge in [0, 0.05) is 31.1 Å². The Balaban J connectivity index is 1.75. The SMILES string of the molecule is CC(=O)N1CCCC[C@@H]1c1ccc(C(=O)NCc2cccs2)n1C. The molecule has 0 bridgehead atoms. The Morgan fingerprint density at radius 2 is 2.12 bits per heavy atom. The molecule has 1 atom stereocenters. The average Bonchev–Trinajstić information content (AvgIpc) is 3.22. The Labute approximate surface area is 146 Å². The zero-order valence-electron chi connectivity index (χ0n) is 14.1. The van der Waals surface area contributed by atoms with Crippen LogP contribution in [0.2, 0.25) is 0 Å². The van der Waals surface area contributed by atoms with E-state index in [9.17, 15) is 9.59 Å². The number of nitrogens with zero attached hydrogens (tertiary/aromatic N) is 2. The molecular weight excluding hydrogens is 322 g/mol. The van der Waals surface area contributed by atoms with E-state index in [4.69, 9.17) is 0 Å². The summed E-state index contributed by atoms with van der Waals surface area (Å²) in [6.45, 7) is 2.96. The van der Waals surface area contributed by atoms with Crippen LogP contribution in [0.3, 0.4) is 0 Å². The smallest absolute Gasteiger partial charge is 0.268 e. The first-order chi connectivity index (χ1) is 11.6. The Morgan fingerprint density at radius 3 is 2.83 bits per heavy atom. The minimum Gasteiger partial charge on any atom is -0.346 e. The lowest BCUT2D eigenvalue weighted by Gasteiger charge is -2.35. The van der Waals surface area contributed by atoms with Gasteiger partial charge in [-0.15, -0.1) is 11.3 Å². The monoisotopic (exact) mass is 345 g/mol. The number of hydrogen-bond acceptors (Lipinski definition) is 3. The van der Waals surface area contributed by atoms with Crippen LogP contribution in [0.15, 0.2) is 29.6 Å². The van der Waals surface area contributed by atoms with Gasteiger partial charge >= 0.3 is 0 Å². The number of carbonyl (C=O) groups excluding carboxylic acids is 2. The molecule has 1 fully saturated rings. The predicted octanol–water partition coefficient (Wildman–Crippen LogP) is 3.09. The third-order valence-electron chi connectivity index (χ3n) is 4.65. The second-order valence-corrected chi connectivity index (χ2v) is 7.22. The van der Waals surface area contributed by atoms with E-state index in [1.807, 2.05) is 46.2 Å². The van der Waals surface area contributed by atoms with Gasteiger partial charge in [0.1, 0.15) is 5.69 Å². The molecule has 3 rings (SSSR count). The van der Waals surface area contributed by atoms with E-state index in [2.05, 4.69) is 5.32 Å². The molecular formula is C18H23N3O2S. The minimum absolute atomic E-state index is 0.0695. The van der Waals surface area contributed by atoms with Crippen molar-refractivity contribution in [1.29, 1.82) is 0 Å². The number of carbonyl (C=O) groups is 2. The summed E-state index contributed by atoms with van der Waals surface area (Å²) in [7, 11) is 1.91. The van der Waals surface area contributed by atoms with E-state index in [-0.39, 0.29) is 17.9 Å². The summed E-state index contributed by atoms with van der Waals surface area (Å²) in [5.41, 5.74) is 1.67. The molecule has 0 aromatic carbocycles. The van der Waals surface area contributed by atoms with Crippen molar-refractivity contribution < 1.29 is 9.59 Å². The van der Waals surface area contributed by atoms with Crippen molar-refractivity contribution in [2.75, 3.05) is 6.54 Å². The molecule has 24 heavy (non-hydrogen) atoms. The zero-order valence-corrected chi connectivity index (χ0v) is 14.9. The maximum Gasteiger partial charge on any atom is 0.268 e. The summed E-state index contributed by atoms with van der Waals surface area (Å²) >= 11 is 1.63. The van der Waals surface area contributed by atoms with Gasteiger partial charge < -0.3 is 14.8 Å². The normalized spacial score (nSPS) is 17.8. The van der Waals surface area contributed by atoms with Gasteiger partial charge in [-0.1, -0.05) is 6.07 Å². The third-order valence-corrected chi connectivity index (χ3v) is 5.52. The molecule has 128 valence electrons. The lowest BCUT2D eigenvalue weighted by atomic mass is 9.99. The fourth-order valence-electron chi connectivity index (χ4n) is 3.38. The lowest BCUT2D eigenvalue weighted by molar-refractivity contribution is -0.132. The highest BCUT2D eigenvalue weighted by Gasteiger charge is 2.28. The second kappa shape index (κ2) is 7.21. The van der Waals surface area contributed by atoms with E-state index in [1.54, 1.807) is 18.3 Å². The first kappa shape index (κ1) is 16.8. The van der Waals surface area contributed by atoms with Gasteiger partial charge in [0.05, 0.1) is 12.6 Å². The number of aromatic nitrogens is 1. The second-order valence-electron chi connectivity index (χ2n) is 6.19. The van der Waals surface area contributed by atoms with Crippen LogP contribution in [-0.4, -0.2) is 27.8 Å². The first-order valence-corrected chi connectivity index (χ1v) is 9.19. The molecule has 6 heteroatoms. The van der Waals surface area contributed by atoms with E-state index in [0.717, 1.165) is 36.4 Å². The standard InChI is InChI=1S/C18H23N3O2S/c1-13(22)21-10-4-3-7-16(21)15-8-9-17(20(15)2)18(23)19-12-14-6-5-11-24-14/h5-6,8-9,11,16H,3-4,7,10,12H2,1-2H3,(H,19,23)/t16-/m1/s1. The van der Waals surface area contributed by atoms with Crippen molar-refractivity contribution in [3.05, 3.63) is 45.9 Å². The molecule has 1 aliphatic heterocycles. The van der Waals surface area contributed by atoms with Gasteiger partial charge in [0.25, 0.3) is 5.91 Å². The zero-order chi connectivity index (χ0) is 17.1. The third kappa shape index (κ3) is 3.38. The Hall–Kier alpha value is -2.08. The summed E-state index contributed by atoms with van der Waals surface area (Å²) in [6, 6.07) is 7.89. The molecule has 1 saturated heterocycles. The van der Waals surface area contributed by atoms with Gasteiger partial charge in [-0.05, 0) is 42.8 Å². The molecule has 0 spiro atoms. The lowest BCUT2D eigenvalue weighted by Crippen LogP contribution is -2.38. The molecule has 0 aliphatic carbocycles. The fraction of sp³-hybridized carbons (Fsp3) is 0.444. The molecule has 0 unspecified atom stereocenters. The Bertz CT molecular complexity index is 721. The van der Waals surface area contributed by atoms with E-state index in [0.29, 0.717) is 12.2 Å². The molecule has 1 N–H and O–H groups in total. The van der Waals surface area contributed by atoms with Crippen LogP contribution in [0, 0.1) is 0 Å². The topological polar surface area (TPSA) is 54.3 Å². The van der Waals surface area contributed by atoms with Gasteiger partial charge in [-0.2, -0.15) is 0 Å². The number of nitrogens with one attached hydrogen (secondary N) is 1. The highest BCUT2D eigenvalue weighted by atomic mass is 32.1. The highest BCUT2D eigenvalue weighted by molar-refractivity contribution is 7.09. The number of amides is 2. The summed E-state index contributed by atoms with van der Waals surface area (Å²) < 4.78 is 1.93. The summed E-state index contributed by atoms with van der Waals surface area (Å²) in [5.74, 6) is 0.0203. The number of likely N-dealkylation sites (tertiary alicyclic amines) is 1. The molecule has 1 aliphatic rings. The van der Waals surface area contributed by atoms with Gasteiger partial charge in [-0.25, -0.2) is 0 Å². The van der Waals surface area contributed by atoms with Crippen LogP contribution in [-0.2, 0) is 18.4 Å². The average molecular weight is 345 g/mol. The van der Waals surface area contributed by atoms with Crippen molar-refractivity contribution in [3.8, 4) is 0 Å². The van der Waals surface area contributed by atoms with Crippen LogP contribution in [0.1, 0.15) is 53.3 Å². The molecule has 2 aromatic rings. The molecule has 0 saturated carbocycles. The van der Waals surface area contributed by atoms with Crippen molar-refractivity contribution in [2.24, 2.45) is 7.05 Å². The number of hydrogen-bond donors (Lipinski definition) is 1. The van der Waals surface area contributed by atoms with Crippen LogP contribution in [0.4, 0.5) is 0 Å². The van der Waals surface area contributed by atoms with Crippen LogP contribution < -0.4 is 5.32 Å². The maximum atomic E-state index is 12.5. The largest absolute Gasteiger partial charge is 0.346 e. The van der Waals surface area contributed by atoms with Crippen LogP contribution >= 0.6 is 11.3 Å². The summed E-state index contributed by atoms with van der Waals surface area (Å²) in [6.07, 6.45) is 3.11. The van der Waals surface area contributed by atoms with Crippen molar-refractivity contribution in [3.63, 3.8) is 0 Å². The van der Waals surface area contributed by atoms with E-state index < -0.39 is 0 Å². The number of rotatable bonds is 4. The van der Waals surface area contributed by atoms with Crippen molar-refractivity contribution in [2.45, 2.75) is 38.8 Å². The molecule has 2 aromatic heterocycles.